The average Bonchev–Trinajstić information content (AvgIpc) is 3.45. The van der Waals surface area contributed by atoms with Gasteiger partial charge in [-0.15, -0.1) is 35.3 Å². The van der Waals surface area contributed by atoms with Crippen LogP contribution in [0.4, 0.5) is 0 Å². The van der Waals surface area contributed by atoms with Crippen LogP contribution < -0.4 is 10.6 Å². The van der Waals surface area contributed by atoms with Gasteiger partial charge in [0, 0.05) is 57.0 Å². The molecule has 2 aromatic heterocycles. The number of hydrogen-bond acceptors (Lipinski definition) is 4. The van der Waals surface area contributed by atoms with Gasteiger partial charge in [0.2, 0.25) is 0 Å². The largest absolute Gasteiger partial charge is 0.356 e. The van der Waals surface area contributed by atoms with Crippen LogP contribution in [0, 0.1) is 0 Å². The number of benzene rings is 1. The Hall–Kier alpha value is -1.91. The first kappa shape index (κ1) is 22.8. The van der Waals surface area contributed by atoms with Gasteiger partial charge in [0.15, 0.2) is 5.96 Å². The molecule has 2 N–H and O–H groups in total. The minimum Gasteiger partial charge on any atom is -0.356 e. The van der Waals surface area contributed by atoms with Crippen molar-refractivity contribution in [2.75, 3.05) is 33.2 Å². The van der Waals surface area contributed by atoms with Crippen molar-refractivity contribution in [1.82, 2.24) is 25.3 Å². The van der Waals surface area contributed by atoms with Crippen molar-refractivity contribution in [1.29, 1.82) is 0 Å². The zero-order valence-corrected chi connectivity index (χ0v) is 20.4. The normalized spacial score (nSPS) is 14.1. The lowest BCUT2D eigenvalue weighted by molar-refractivity contribution is 0.260. The molecule has 0 aliphatic carbocycles. The van der Waals surface area contributed by atoms with E-state index in [1.807, 2.05) is 35.3 Å². The topological polar surface area (TPSA) is 57.5 Å². The Balaban J connectivity index is 0.00000256. The Morgan fingerprint density at radius 3 is 2.77 bits per heavy atom. The minimum absolute atomic E-state index is 0. The Labute approximate surface area is 199 Å². The molecular formula is C22H29IN6S. The van der Waals surface area contributed by atoms with Crippen molar-refractivity contribution in [3.63, 3.8) is 0 Å². The van der Waals surface area contributed by atoms with E-state index in [9.17, 15) is 0 Å². The van der Waals surface area contributed by atoms with E-state index in [0.29, 0.717) is 0 Å². The molecule has 0 radical (unpaired) electrons. The van der Waals surface area contributed by atoms with E-state index in [-0.39, 0.29) is 24.0 Å². The van der Waals surface area contributed by atoms with Crippen LogP contribution in [0.5, 0.6) is 0 Å². The number of fused-ring (bicyclic) bond motifs is 1. The Morgan fingerprint density at radius 2 is 2.00 bits per heavy atom. The summed E-state index contributed by atoms with van der Waals surface area (Å²) in [5, 5.41) is 13.3. The molecule has 3 aromatic rings. The van der Waals surface area contributed by atoms with E-state index >= 15 is 0 Å². The van der Waals surface area contributed by atoms with Crippen LogP contribution in [-0.4, -0.2) is 53.9 Å². The van der Waals surface area contributed by atoms with Crippen molar-refractivity contribution in [2.45, 2.75) is 19.4 Å². The van der Waals surface area contributed by atoms with Crippen LogP contribution in [0.3, 0.4) is 0 Å². The van der Waals surface area contributed by atoms with Gasteiger partial charge in [-0.2, -0.15) is 5.10 Å². The second-order valence-corrected chi connectivity index (χ2v) is 8.19. The fourth-order valence-corrected chi connectivity index (χ4v) is 4.50. The van der Waals surface area contributed by atoms with Crippen molar-refractivity contribution in [2.24, 2.45) is 4.99 Å². The van der Waals surface area contributed by atoms with Crippen molar-refractivity contribution in [3.05, 3.63) is 70.2 Å². The molecule has 0 bridgehead atoms. The van der Waals surface area contributed by atoms with Gasteiger partial charge in [-0.05, 0) is 53.6 Å². The molecule has 0 fully saturated rings. The van der Waals surface area contributed by atoms with E-state index in [4.69, 9.17) is 0 Å². The quantitative estimate of drug-likeness (QED) is 0.277. The van der Waals surface area contributed by atoms with Gasteiger partial charge in [0.25, 0.3) is 0 Å². The first-order valence-electron chi connectivity index (χ1n) is 10.1. The molecule has 1 aliphatic rings. The van der Waals surface area contributed by atoms with Gasteiger partial charge in [-0.25, -0.2) is 4.68 Å². The summed E-state index contributed by atoms with van der Waals surface area (Å²) < 4.78 is 1.87. The van der Waals surface area contributed by atoms with Crippen molar-refractivity contribution in [3.8, 4) is 5.69 Å². The smallest absolute Gasteiger partial charge is 0.191 e. The van der Waals surface area contributed by atoms with E-state index in [1.165, 1.54) is 17.5 Å². The molecule has 0 atom stereocenters. The molecule has 3 heterocycles. The number of nitrogens with one attached hydrogen (secondary N) is 2. The Morgan fingerprint density at radius 1 is 1.17 bits per heavy atom. The summed E-state index contributed by atoms with van der Waals surface area (Å²) in [6, 6.07) is 12.7. The molecule has 30 heavy (non-hydrogen) atoms. The van der Waals surface area contributed by atoms with E-state index in [0.717, 1.165) is 50.8 Å². The maximum atomic E-state index is 4.34. The summed E-state index contributed by atoms with van der Waals surface area (Å²) in [6.45, 7) is 5.00. The SMILES string of the molecule is CN=C(NCCc1ccc(-n2cccn2)cc1)NCCN1CCc2sccc2C1.I. The van der Waals surface area contributed by atoms with Crippen LogP contribution in [0.15, 0.2) is 59.2 Å². The summed E-state index contributed by atoms with van der Waals surface area (Å²) in [5.74, 6) is 0.867. The molecule has 0 unspecified atom stereocenters. The third-order valence-corrected chi connectivity index (χ3v) is 6.27. The van der Waals surface area contributed by atoms with Gasteiger partial charge in [-0.3, -0.25) is 9.89 Å². The number of hydrogen-bond donors (Lipinski definition) is 2. The molecule has 1 aliphatic heterocycles. The maximum Gasteiger partial charge on any atom is 0.191 e. The van der Waals surface area contributed by atoms with E-state index in [1.54, 1.807) is 11.1 Å². The molecule has 0 spiro atoms. The number of nitrogens with zero attached hydrogens (tertiary/aromatic N) is 4. The zero-order chi connectivity index (χ0) is 19.9. The molecule has 0 saturated heterocycles. The van der Waals surface area contributed by atoms with Gasteiger partial charge in [0.1, 0.15) is 0 Å². The first-order chi connectivity index (χ1) is 14.3. The van der Waals surface area contributed by atoms with Crippen LogP contribution in [0.1, 0.15) is 16.0 Å². The minimum atomic E-state index is 0. The summed E-state index contributed by atoms with van der Waals surface area (Å²) in [6.07, 6.45) is 5.88. The third-order valence-electron chi connectivity index (χ3n) is 5.24. The van der Waals surface area contributed by atoms with Gasteiger partial charge >= 0.3 is 0 Å². The predicted octanol–water partition coefficient (Wildman–Crippen LogP) is 3.32. The lowest BCUT2D eigenvalue weighted by atomic mass is 10.1. The fourth-order valence-electron chi connectivity index (χ4n) is 3.61. The molecule has 8 heteroatoms. The maximum absolute atomic E-state index is 4.34. The number of rotatable bonds is 7. The standard InChI is InChI=1S/C22H28N6S.HI/c1-23-22(25-12-15-27-14-8-21-19(17-27)9-16-29-21)24-11-7-18-3-5-20(6-4-18)28-13-2-10-26-28;/h2-6,9-10,13,16H,7-8,11-12,14-15,17H2,1H3,(H2,23,24,25);1H. The van der Waals surface area contributed by atoms with Crippen LogP contribution in [0.2, 0.25) is 0 Å². The van der Waals surface area contributed by atoms with E-state index < -0.39 is 0 Å². The number of thiophene rings is 1. The van der Waals surface area contributed by atoms with Gasteiger partial charge < -0.3 is 10.6 Å². The molecule has 0 amide bonds. The first-order valence-corrected chi connectivity index (χ1v) is 11.0. The molecular weight excluding hydrogens is 507 g/mol. The average molecular weight is 536 g/mol. The van der Waals surface area contributed by atoms with Crippen LogP contribution >= 0.6 is 35.3 Å². The highest BCUT2D eigenvalue weighted by atomic mass is 127. The van der Waals surface area contributed by atoms with Crippen LogP contribution in [-0.2, 0) is 19.4 Å². The second-order valence-electron chi connectivity index (χ2n) is 7.19. The van der Waals surface area contributed by atoms with Crippen molar-refractivity contribution < 1.29 is 0 Å². The zero-order valence-electron chi connectivity index (χ0n) is 17.3. The summed E-state index contributed by atoms with van der Waals surface area (Å²) in [4.78, 5) is 8.41. The summed E-state index contributed by atoms with van der Waals surface area (Å²) in [7, 11) is 1.83. The Kier molecular flexibility index (Phi) is 8.71. The molecule has 1 aromatic carbocycles. The number of halogens is 1. The van der Waals surface area contributed by atoms with Crippen LogP contribution in [0.25, 0.3) is 5.69 Å². The van der Waals surface area contributed by atoms with Crippen molar-refractivity contribution >= 4 is 41.3 Å². The summed E-state index contributed by atoms with van der Waals surface area (Å²) >= 11 is 1.89. The lowest BCUT2D eigenvalue weighted by Crippen LogP contribution is -2.43. The lowest BCUT2D eigenvalue weighted by Gasteiger charge is -2.27. The molecule has 4 rings (SSSR count). The molecule has 6 nitrogen and oxygen atoms in total. The second kappa shape index (κ2) is 11.5. The monoisotopic (exact) mass is 536 g/mol. The number of aliphatic imine (C=N–C) groups is 1. The Bertz CT molecular complexity index is 920. The van der Waals surface area contributed by atoms with E-state index in [2.05, 4.69) is 61.3 Å². The highest BCUT2D eigenvalue weighted by Crippen LogP contribution is 2.23. The van der Waals surface area contributed by atoms with Gasteiger partial charge in [0.05, 0.1) is 5.69 Å². The number of aromatic nitrogens is 2. The third kappa shape index (κ3) is 6.05. The highest BCUT2D eigenvalue weighted by Gasteiger charge is 2.16. The molecule has 160 valence electrons. The van der Waals surface area contributed by atoms with Gasteiger partial charge in [-0.1, -0.05) is 12.1 Å². The fraction of sp³-hybridized carbons (Fsp3) is 0.364. The number of guanidine groups is 1. The highest BCUT2D eigenvalue weighted by molar-refractivity contribution is 14.0. The molecule has 0 saturated carbocycles. The summed E-state index contributed by atoms with van der Waals surface area (Å²) in [5.41, 5.74) is 3.88. The predicted molar refractivity (Wildman–Crippen MR) is 135 cm³/mol.